The number of hydrogen-bond acceptors (Lipinski definition) is 6. The minimum Gasteiger partial charge on any atom is -0.482 e. The molecule has 0 aliphatic carbocycles. The van der Waals surface area contributed by atoms with Crippen LogP contribution in [0.4, 0.5) is 5.69 Å². The number of nitrogens with zero attached hydrogens (tertiary/aromatic N) is 2. The molecule has 0 bridgehead atoms. The lowest BCUT2D eigenvalue weighted by molar-refractivity contribution is -0.128. The number of thiazole rings is 1. The van der Waals surface area contributed by atoms with Crippen molar-refractivity contribution in [1.29, 1.82) is 0 Å². The minimum atomic E-state index is -0.508. The van der Waals surface area contributed by atoms with Gasteiger partial charge in [0, 0.05) is 17.9 Å². The van der Waals surface area contributed by atoms with Gasteiger partial charge in [-0.15, -0.1) is 11.3 Å². The van der Waals surface area contributed by atoms with Gasteiger partial charge < -0.3 is 4.74 Å². The summed E-state index contributed by atoms with van der Waals surface area (Å²) in [4.78, 5) is 40.8. The number of ether oxygens (including phenoxy) is 1. The van der Waals surface area contributed by atoms with Gasteiger partial charge in [-0.2, -0.15) is 0 Å². The average molecular weight is 360 g/mol. The maximum Gasteiger partial charge on any atom is 0.265 e. The Hall–Kier alpha value is -2.94. The Labute approximate surface area is 147 Å². The molecule has 2 N–H and O–H groups in total. The van der Waals surface area contributed by atoms with Crippen LogP contribution in [0.5, 0.6) is 5.75 Å². The van der Waals surface area contributed by atoms with Gasteiger partial charge in [-0.05, 0) is 25.1 Å². The zero-order chi connectivity index (χ0) is 18.0. The fourth-order valence-electron chi connectivity index (χ4n) is 2.37. The lowest BCUT2D eigenvalue weighted by Crippen LogP contribution is -2.49. The number of aromatic nitrogens is 1. The van der Waals surface area contributed by atoms with Crippen LogP contribution < -0.4 is 20.5 Å². The molecular weight excluding hydrogens is 344 g/mol. The standard InChI is InChI=1S/C16H16N4O4S/c1-9(21)18-19-15(22)6-20-13-5-11(12-8-25-10(2)17-12)3-4-14(13)24-7-16(20)23/h3-5,8H,6-7H2,1-2H3,(H,18,21)(H,19,22). The number of benzene rings is 1. The zero-order valence-corrected chi connectivity index (χ0v) is 14.5. The van der Waals surface area contributed by atoms with Crippen molar-refractivity contribution in [2.45, 2.75) is 13.8 Å². The van der Waals surface area contributed by atoms with Crippen LogP contribution in [0, 0.1) is 6.92 Å². The summed E-state index contributed by atoms with van der Waals surface area (Å²) in [5, 5.41) is 2.86. The first-order chi connectivity index (χ1) is 11.9. The lowest BCUT2D eigenvalue weighted by atomic mass is 10.1. The topological polar surface area (TPSA) is 101 Å². The van der Waals surface area contributed by atoms with Crippen molar-refractivity contribution in [3.8, 4) is 17.0 Å². The third kappa shape index (κ3) is 3.77. The van der Waals surface area contributed by atoms with Crippen LogP contribution in [-0.2, 0) is 14.4 Å². The molecule has 25 heavy (non-hydrogen) atoms. The molecule has 0 saturated carbocycles. The summed E-state index contributed by atoms with van der Waals surface area (Å²) in [6.07, 6.45) is 0. The van der Waals surface area contributed by atoms with Gasteiger partial charge in [0.1, 0.15) is 12.3 Å². The van der Waals surface area contributed by atoms with E-state index in [0.717, 1.165) is 16.3 Å². The summed E-state index contributed by atoms with van der Waals surface area (Å²) in [6.45, 7) is 2.82. The van der Waals surface area contributed by atoms with Crippen molar-refractivity contribution in [2.24, 2.45) is 0 Å². The molecule has 3 amide bonds. The Kier molecular flexibility index (Phi) is 4.66. The van der Waals surface area contributed by atoms with E-state index >= 15 is 0 Å². The molecule has 0 fully saturated rings. The van der Waals surface area contributed by atoms with E-state index < -0.39 is 11.8 Å². The molecule has 8 nitrogen and oxygen atoms in total. The van der Waals surface area contributed by atoms with E-state index in [1.54, 1.807) is 12.1 Å². The summed E-state index contributed by atoms with van der Waals surface area (Å²) in [7, 11) is 0. The Bertz CT molecular complexity index is 848. The van der Waals surface area contributed by atoms with Crippen LogP contribution >= 0.6 is 11.3 Å². The number of carbonyl (C=O) groups is 3. The summed E-state index contributed by atoms with van der Waals surface area (Å²) >= 11 is 1.53. The average Bonchev–Trinajstić information content (AvgIpc) is 3.01. The fraction of sp³-hybridized carbons (Fsp3) is 0.250. The molecule has 1 aliphatic heterocycles. The van der Waals surface area contributed by atoms with Gasteiger partial charge in [-0.3, -0.25) is 30.1 Å². The highest BCUT2D eigenvalue weighted by atomic mass is 32.1. The van der Waals surface area contributed by atoms with Crippen LogP contribution in [0.3, 0.4) is 0 Å². The van der Waals surface area contributed by atoms with E-state index in [2.05, 4.69) is 15.8 Å². The summed E-state index contributed by atoms with van der Waals surface area (Å²) in [6, 6.07) is 5.38. The molecule has 0 unspecified atom stereocenters. The van der Waals surface area contributed by atoms with E-state index in [9.17, 15) is 14.4 Å². The van der Waals surface area contributed by atoms with Crippen molar-refractivity contribution in [1.82, 2.24) is 15.8 Å². The largest absolute Gasteiger partial charge is 0.482 e. The number of nitrogens with one attached hydrogen (secondary N) is 2. The molecular formula is C16H16N4O4S. The molecule has 0 atom stereocenters. The molecule has 2 heterocycles. The van der Waals surface area contributed by atoms with E-state index in [-0.39, 0.29) is 19.1 Å². The van der Waals surface area contributed by atoms with Gasteiger partial charge in [0.05, 0.1) is 16.4 Å². The summed E-state index contributed by atoms with van der Waals surface area (Å²) < 4.78 is 5.43. The second kappa shape index (κ2) is 6.89. The molecule has 130 valence electrons. The molecule has 1 aliphatic rings. The molecule has 0 spiro atoms. The minimum absolute atomic E-state index is 0.143. The Morgan fingerprint density at radius 3 is 2.84 bits per heavy atom. The number of aryl methyl sites for hydroxylation is 1. The van der Waals surface area contributed by atoms with Crippen LogP contribution in [-0.4, -0.2) is 35.9 Å². The van der Waals surface area contributed by atoms with Gasteiger partial charge in [0.15, 0.2) is 6.61 Å². The second-order valence-corrected chi connectivity index (χ2v) is 6.49. The molecule has 0 radical (unpaired) electrons. The van der Waals surface area contributed by atoms with Crippen molar-refractivity contribution in [3.63, 3.8) is 0 Å². The van der Waals surface area contributed by atoms with E-state index in [4.69, 9.17) is 4.74 Å². The van der Waals surface area contributed by atoms with Gasteiger partial charge in [0.2, 0.25) is 5.91 Å². The van der Waals surface area contributed by atoms with Gasteiger partial charge in [-0.25, -0.2) is 4.98 Å². The van der Waals surface area contributed by atoms with Crippen LogP contribution in [0.1, 0.15) is 11.9 Å². The maximum atomic E-state index is 12.2. The van der Waals surface area contributed by atoms with Crippen molar-refractivity contribution < 1.29 is 19.1 Å². The molecule has 1 aromatic heterocycles. The number of fused-ring (bicyclic) bond motifs is 1. The highest BCUT2D eigenvalue weighted by Crippen LogP contribution is 2.36. The number of anilines is 1. The zero-order valence-electron chi connectivity index (χ0n) is 13.7. The molecule has 9 heteroatoms. The van der Waals surface area contributed by atoms with Crippen LogP contribution in [0.2, 0.25) is 0 Å². The summed E-state index contributed by atoms with van der Waals surface area (Å²) in [5.41, 5.74) is 6.57. The Morgan fingerprint density at radius 2 is 2.16 bits per heavy atom. The maximum absolute atomic E-state index is 12.2. The molecule has 0 saturated heterocycles. The third-order valence-electron chi connectivity index (χ3n) is 3.50. The first-order valence-electron chi connectivity index (χ1n) is 7.49. The molecule has 1 aromatic carbocycles. The number of carbonyl (C=O) groups excluding carboxylic acids is 3. The monoisotopic (exact) mass is 360 g/mol. The van der Waals surface area contributed by atoms with Crippen molar-refractivity contribution in [3.05, 3.63) is 28.6 Å². The second-order valence-electron chi connectivity index (χ2n) is 5.43. The highest BCUT2D eigenvalue weighted by Gasteiger charge is 2.28. The van der Waals surface area contributed by atoms with Crippen LogP contribution in [0.25, 0.3) is 11.3 Å². The number of rotatable bonds is 3. The first-order valence-corrected chi connectivity index (χ1v) is 8.37. The van der Waals surface area contributed by atoms with Crippen molar-refractivity contribution >= 4 is 34.7 Å². The fourth-order valence-corrected chi connectivity index (χ4v) is 2.99. The quantitative estimate of drug-likeness (QED) is 0.796. The predicted octanol–water partition coefficient (Wildman–Crippen LogP) is 1.01. The van der Waals surface area contributed by atoms with E-state index in [1.165, 1.54) is 23.2 Å². The third-order valence-corrected chi connectivity index (χ3v) is 4.27. The lowest BCUT2D eigenvalue weighted by Gasteiger charge is -2.29. The van der Waals surface area contributed by atoms with Crippen molar-refractivity contribution in [2.75, 3.05) is 18.1 Å². The number of hydrogen-bond donors (Lipinski definition) is 2. The summed E-state index contributed by atoms with van der Waals surface area (Å²) in [5.74, 6) is -0.728. The van der Waals surface area contributed by atoms with Gasteiger partial charge in [-0.1, -0.05) is 0 Å². The number of hydrazine groups is 1. The van der Waals surface area contributed by atoms with E-state index in [0.29, 0.717) is 11.4 Å². The molecule has 2 aromatic rings. The number of amides is 3. The van der Waals surface area contributed by atoms with Gasteiger partial charge >= 0.3 is 0 Å². The van der Waals surface area contributed by atoms with Crippen LogP contribution in [0.15, 0.2) is 23.6 Å². The highest BCUT2D eigenvalue weighted by molar-refractivity contribution is 7.09. The predicted molar refractivity (Wildman–Crippen MR) is 92.1 cm³/mol. The molecule has 3 rings (SSSR count). The smallest absolute Gasteiger partial charge is 0.265 e. The first kappa shape index (κ1) is 16.9. The Morgan fingerprint density at radius 1 is 1.36 bits per heavy atom. The Balaban J connectivity index is 1.87. The SMILES string of the molecule is CC(=O)NNC(=O)CN1C(=O)COc2ccc(-c3csc(C)n3)cc21. The van der Waals surface area contributed by atoms with Gasteiger partial charge in [0.25, 0.3) is 11.8 Å². The van der Waals surface area contributed by atoms with E-state index in [1.807, 2.05) is 18.4 Å². The normalized spacial score (nSPS) is 13.0.